The number of aromatic nitrogens is 3. The third-order valence-corrected chi connectivity index (χ3v) is 4.82. The Balaban J connectivity index is 1.79. The summed E-state index contributed by atoms with van der Waals surface area (Å²) >= 11 is 1.35. The van der Waals surface area contributed by atoms with Crippen molar-refractivity contribution in [2.45, 2.75) is 18.6 Å². The Labute approximate surface area is 155 Å². The normalized spacial score (nSPS) is 10.7. The molecule has 3 rings (SSSR count). The maximum absolute atomic E-state index is 12.5. The van der Waals surface area contributed by atoms with E-state index < -0.39 is 0 Å². The van der Waals surface area contributed by atoms with E-state index in [1.807, 2.05) is 23.6 Å². The van der Waals surface area contributed by atoms with Crippen molar-refractivity contribution in [2.24, 2.45) is 0 Å². The molecule has 0 atom stereocenters. The first-order chi connectivity index (χ1) is 12.6. The summed E-state index contributed by atoms with van der Waals surface area (Å²) in [5.74, 6) is 2.39. The number of allylic oxidation sites excluding steroid dienone is 1. The van der Waals surface area contributed by atoms with Crippen LogP contribution in [0.3, 0.4) is 0 Å². The van der Waals surface area contributed by atoms with Gasteiger partial charge in [-0.05, 0) is 25.1 Å². The number of rotatable bonds is 8. The van der Waals surface area contributed by atoms with Gasteiger partial charge in [-0.3, -0.25) is 9.36 Å². The van der Waals surface area contributed by atoms with Crippen LogP contribution in [0.2, 0.25) is 0 Å². The number of methoxy groups -OCH3 is 1. The largest absolute Gasteiger partial charge is 0.497 e. The molecule has 3 aromatic rings. The molecule has 6 nitrogen and oxygen atoms in total. The van der Waals surface area contributed by atoms with Crippen molar-refractivity contribution in [2.75, 3.05) is 12.9 Å². The van der Waals surface area contributed by atoms with Crippen LogP contribution < -0.4 is 4.74 Å². The number of ether oxygens (including phenoxy) is 1. The zero-order valence-corrected chi connectivity index (χ0v) is 15.5. The van der Waals surface area contributed by atoms with Gasteiger partial charge in [0.1, 0.15) is 11.5 Å². The minimum atomic E-state index is 0.00287. The van der Waals surface area contributed by atoms with E-state index in [-0.39, 0.29) is 11.5 Å². The van der Waals surface area contributed by atoms with Gasteiger partial charge in [0.05, 0.1) is 24.7 Å². The molecule has 134 valence electrons. The summed E-state index contributed by atoms with van der Waals surface area (Å²) in [6.07, 6.45) is 3.40. The zero-order chi connectivity index (χ0) is 18.5. The van der Waals surface area contributed by atoms with Gasteiger partial charge in [-0.25, -0.2) is 0 Å². The van der Waals surface area contributed by atoms with Crippen LogP contribution in [0.5, 0.6) is 5.75 Å². The van der Waals surface area contributed by atoms with Crippen LogP contribution in [0.15, 0.2) is 58.8 Å². The number of carbonyl (C=O) groups excluding carboxylic acids is 1. The van der Waals surface area contributed by atoms with Crippen molar-refractivity contribution in [1.29, 1.82) is 0 Å². The Hall–Kier alpha value is -2.80. The molecule has 0 aliphatic heterocycles. The van der Waals surface area contributed by atoms with Gasteiger partial charge in [-0.15, -0.1) is 16.8 Å². The molecule has 0 aliphatic rings. The average Bonchev–Trinajstić information content (AvgIpc) is 3.26. The Morgan fingerprint density at radius 1 is 1.38 bits per heavy atom. The van der Waals surface area contributed by atoms with Gasteiger partial charge < -0.3 is 9.15 Å². The van der Waals surface area contributed by atoms with Crippen LogP contribution in [0, 0.1) is 6.92 Å². The molecule has 7 heteroatoms. The first kappa shape index (κ1) is 18.0. The Bertz CT molecular complexity index is 930. The molecule has 0 bridgehead atoms. The standard InChI is InChI=1S/C19H19N3O3S/c1-4-9-22-18(16-8-10-25-13(16)2)20-21-19(22)26-12-17(23)14-6-5-7-15(11-14)24-3/h4-8,10-11H,1,9,12H2,2-3H3. The molecule has 0 amide bonds. The van der Waals surface area contributed by atoms with Gasteiger partial charge >= 0.3 is 0 Å². The van der Waals surface area contributed by atoms with Gasteiger partial charge in [-0.1, -0.05) is 30.0 Å². The summed E-state index contributed by atoms with van der Waals surface area (Å²) in [6, 6.07) is 8.98. The number of Topliss-reactive ketones (excluding diaryl/α,β-unsaturated/α-hetero) is 1. The molecule has 0 saturated heterocycles. The minimum Gasteiger partial charge on any atom is -0.497 e. The molecule has 2 heterocycles. The lowest BCUT2D eigenvalue weighted by atomic mass is 10.1. The van der Waals surface area contributed by atoms with Gasteiger partial charge in [0, 0.05) is 12.1 Å². The van der Waals surface area contributed by atoms with E-state index in [1.165, 1.54) is 11.8 Å². The van der Waals surface area contributed by atoms with Crippen molar-refractivity contribution in [3.63, 3.8) is 0 Å². The Morgan fingerprint density at radius 2 is 2.23 bits per heavy atom. The average molecular weight is 369 g/mol. The van der Waals surface area contributed by atoms with Crippen molar-refractivity contribution >= 4 is 17.5 Å². The van der Waals surface area contributed by atoms with Crippen molar-refractivity contribution < 1.29 is 13.9 Å². The van der Waals surface area contributed by atoms with E-state index in [4.69, 9.17) is 9.15 Å². The van der Waals surface area contributed by atoms with Crippen LogP contribution in [-0.4, -0.2) is 33.4 Å². The predicted molar refractivity (Wildman–Crippen MR) is 101 cm³/mol. The van der Waals surface area contributed by atoms with Crippen molar-refractivity contribution in [1.82, 2.24) is 14.8 Å². The predicted octanol–water partition coefficient (Wildman–Crippen LogP) is 4.02. The zero-order valence-electron chi connectivity index (χ0n) is 14.6. The lowest BCUT2D eigenvalue weighted by molar-refractivity contribution is 0.102. The highest BCUT2D eigenvalue weighted by atomic mass is 32.2. The number of aryl methyl sites for hydroxylation is 1. The SMILES string of the molecule is C=CCn1c(SCC(=O)c2cccc(OC)c2)nnc1-c1ccoc1C. The second kappa shape index (κ2) is 8.05. The van der Waals surface area contributed by atoms with Crippen LogP contribution >= 0.6 is 11.8 Å². The molecule has 1 aromatic carbocycles. The number of furan rings is 1. The fourth-order valence-electron chi connectivity index (χ4n) is 2.52. The van der Waals surface area contributed by atoms with Crippen molar-refractivity contribution in [3.05, 3.63) is 60.6 Å². The van der Waals surface area contributed by atoms with E-state index >= 15 is 0 Å². The van der Waals surface area contributed by atoms with Crippen LogP contribution in [-0.2, 0) is 6.54 Å². The highest BCUT2D eigenvalue weighted by Gasteiger charge is 2.18. The topological polar surface area (TPSA) is 70.2 Å². The second-order valence-corrected chi connectivity index (χ2v) is 6.48. The number of nitrogens with zero attached hydrogens (tertiary/aromatic N) is 3. The highest BCUT2D eigenvalue weighted by Crippen LogP contribution is 2.27. The van der Waals surface area contributed by atoms with E-state index in [9.17, 15) is 4.79 Å². The molecule has 0 radical (unpaired) electrons. The molecule has 0 N–H and O–H groups in total. The molecule has 26 heavy (non-hydrogen) atoms. The first-order valence-electron chi connectivity index (χ1n) is 8.02. The molecule has 2 aromatic heterocycles. The minimum absolute atomic E-state index is 0.00287. The van der Waals surface area contributed by atoms with Crippen LogP contribution in [0.4, 0.5) is 0 Å². The second-order valence-electron chi connectivity index (χ2n) is 5.54. The molecule has 0 saturated carbocycles. The van der Waals surface area contributed by atoms with Gasteiger partial charge in [0.15, 0.2) is 16.8 Å². The molecule has 0 spiro atoms. The number of carbonyl (C=O) groups is 1. The van der Waals surface area contributed by atoms with Crippen molar-refractivity contribution in [3.8, 4) is 17.1 Å². The molecule has 0 unspecified atom stereocenters. The van der Waals surface area contributed by atoms with Gasteiger partial charge in [-0.2, -0.15) is 0 Å². The summed E-state index contributed by atoms with van der Waals surface area (Å²) in [4.78, 5) is 12.5. The monoisotopic (exact) mass is 369 g/mol. The number of thioether (sulfide) groups is 1. The lowest BCUT2D eigenvalue weighted by Gasteiger charge is -2.07. The fourth-order valence-corrected chi connectivity index (χ4v) is 3.36. The number of benzene rings is 1. The molecular formula is C19H19N3O3S. The smallest absolute Gasteiger partial charge is 0.192 e. The fraction of sp³-hybridized carbons (Fsp3) is 0.211. The van der Waals surface area contributed by atoms with Crippen LogP contribution in [0.1, 0.15) is 16.1 Å². The number of ketones is 1. The highest BCUT2D eigenvalue weighted by molar-refractivity contribution is 7.99. The first-order valence-corrected chi connectivity index (χ1v) is 9.01. The summed E-state index contributed by atoms with van der Waals surface area (Å²) in [5, 5.41) is 9.17. The summed E-state index contributed by atoms with van der Waals surface area (Å²) in [7, 11) is 1.58. The lowest BCUT2D eigenvalue weighted by Crippen LogP contribution is -2.05. The van der Waals surface area contributed by atoms with E-state index in [0.29, 0.717) is 28.8 Å². The maximum Gasteiger partial charge on any atom is 0.192 e. The third kappa shape index (κ3) is 3.72. The summed E-state index contributed by atoms with van der Waals surface area (Å²) < 4.78 is 12.5. The number of hydrogen-bond acceptors (Lipinski definition) is 6. The van der Waals surface area contributed by atoms with Gasteiger partial charge in [0.25, 0.3) is 0 Å². The van der Waals surface area contributed by atoms with Gasteiger partial charge in [0.2, 0.25) is 0 Å². The summed E-state index contributed by atoms with van der Waals surface area (Å²) in [5.41, 5.74) is 1.49. The third-order valence-electron chi connectivity index (χ3n) is 3.85. The van der Waals surface area contributed by atoms with E-state index in [0.717, 1.165) is 11.3 Å². The molecular weight excluding hydrogens is 350 g/mol. The molecule has 0 aliphatic carbocycles. The maximum atomic E-state index is 12.5. The molecule has 0 fully saturated rings. The van der Waals surface area contributed by atoms with Crippen LogP contribution in [0.25, 0.3) is 11.4 Å². The Kier molecular flexibility index (Phi) is 5.58. The number of hydrogen-bond donors (Lipinski definition) is 0. The summed E-state index contributed by atoms with van der Waals surface area (Å²) in [6.45, 7) is 6.21. The Morgan fingerprint density at radius 3 is 2.92 bits per heavy atom. The van der Waals surface area contributed by atoms with E-state index in [1.54, 1.807) is 37.6 Å². The van der Waals surface area contributed by atoms with E-state index in [2.05, 4.69) is 16.8 Å². The quantitative estimate of drug-likeness (QED) is 0.339.